The van der Waals surface area contributed by atoms with E-state index in [4.69, 9.17) is 0 Å². The molecule has 1 heterocycles. The second-order valence-electron chi connectivity index (χ2n) is 7.35. The lowest BCUT2D eigenvalue weighted by Gasteiger charge is -2.24. The van der Waals surface area contributed by atoms with Gasteiger partial charge in [-0.25, -0.2) is 0 Å². The van der Waals surface area contributed by atoms with E-state index in [1.165, 1.54) is 0 Å². The number of amides is 3. The minimum atomic E-state index is -0.408. The van der Waals surface area contributed by atoms with Gasteiger partial charge < -0.3 is 15.5 Å². The predicted molar refractivity (Wildman–Crippen MR) is 113 cm³/mol. The number of nitrogens with zero attached hydrogens (tertiary/aromatic N) is 1. The Hall–Kier alpha value is -3.15. The van der Waals surface area contributed by atoms with E-state index in [1.54, 1.807) is 35.2 Å². The number of carbonyl (C=O) groups is 3. The molecule has 3 amide bonds. The van der Waals surface area contributed by atoms with Crippen molar-refractivity contribution in [2.45, 2.75) is 39.2 Å². The second-order valence-corrected chi connectivity index (χ2v) is 7.35. The summed E-state index contributed by atoms with van der Waals surface area (Å²) in [7, 11) is 0. The predicted octanol–water partition coefficient (Wildman–Crippen LogP) is 3.38. The van der Waals surface area contributed by atoms with Crippen LogP contribution in [0.25, 0.3) is 0 Å². The Balaban J connectivity index is 1.65. The van der Waals surface area contributed by atoms with Crippen molar-refractivity contribution in [3.05, 3.63) is 65.2 Å². The molecule has 0 radical (unpaired) electrons. The van der Waals surface area contributed by atoms with Gasteiger partial charge in [0.05, 0.1) is 0 Å². The minimum absolute atomic E-state index is 0.0836. The summed E-state index contributed by atoms with van der Waals surface area (Å²) >= 11 is 0. The maximum absolute atomic E-state index is 12.9. The van der Waals surface area contributed by atoms with Gasteiger partial charge in [0.1, 0.15) is 6.04 Å². The van der Waals surface area contributed by atoms with Crippen LogP contribution in [0.3, 0.4) is 0 Å². The molecule has 0 bridgehead atoms. The largest absolute Gasteiger partial charge is 0.354 e. The Kier molecular flexibility index (Phi) is 6.65. The first-order valence-corrected chi connectivity index (χ1v) is 10.1. The smallest absolute Gasteiger partial charge is 0.255 e. The zero-order chi connectivity index (χ0) is 20.8. The van der Waals surface area contributed by atoms with Gasteiger partial charge in [0.15, 0.2) is 0 Å². The van der Waals surface area contributed by atoms with Crippen LogP contribution in [0.15, 0.2) is 48.5 Å². The monoisotopic (exact) mass is 393 g/mol. The molecule has 3 rings (SSSR count). The van der Waals surface area contributed by atoms with E-state index in [9.17, 15) is 14.4 Å². The van der Waals surface area contributed by atoms with Crippen molar-refractivity contribution in [3.63, 3.8) is 0 Å². The van der Waals surface area contributed by atoms with Crippen molar-refractivity contribution >= 4 is 23.4 Å². The van der Waals surface area contributed by atoms with Gasteiger partial charge in [-0.05, 0) is 62.6 Å². The summed E-state index contributed by atoms with van der Waals surface area (Å²) in [4.78, 5) is 39.2. The first-order valence-electron chi connectivity index (χ1n) is 10.1. The van der Waals surface area contributed by atoms with E-state index >= 15 is 0 Å². The van der Waals surface area contributed by atoms with E-state index in [0.29, 0.717) is 36.3 Å². The number of carbonyl (C=O) groups excluding carboxylic acids is 3. The Morgan fingerprint density at radius 1 is 1.07 bits per heavy atom. The maximum atomic E-state index is 12.9. The molecule has 6 heteroatoms. The number of benzene rings is 2. The molecular formula is C23H27N3O3. The van der Waals surface area contributed by atoms with Crippen molar-refractivity contribution in [1.29, 1.82) is 0 Å². The van der Waals surface area contributed by atoms with Crippen molar-refractivity contribution in [2.24, 2.45) is 0 Å². The molecule has 152 valence electrons. The molecule has 0 aliphatic carbocycles. The third-order valence-corrected chi connectivity index (χ3v) is 5.04. The quantitative estimate of drug-likeness (QED) is 0.790. The molecule has 1 fully saturated rings. The molecule has 1 saturated heterocycles. The van der Waals surface area contributed by atoms with Gasteiger partial charge in [-0.2, -0.15) is 0 Å². The van der Waals surface area contributed by atoms with Crippen LogP contribution in [0.4, 0.5) is 5.69 Å². The molecule has 29 heavy (non-hydrogen) atoms. The highest BCUT2D eigenvalue weighted by atomic mass is 16.2. The van der Waals surface area contributed by atoms with Crippen LogP contribution in [0.1, 0.15) is 52.5 Å². The average Bonchev–Trinajstić information content (AvgIpc) is 3.22. The van der Waals surface area contributed by atoms with E-state index in [1.807, 2.05) is 32.0 Å². The molecule has 1 aliphatic heterocycles. The molecule has 2 aromatic carbocycles. The fourth-order valence-corrected chi connectivity index (χ4v) is 3.50. The van der Waals surface area contributed by atoms with Crippen LogP contribution in [0.5, 0.6) is 0 Å². The average molecular weight is 393 g/mol. The number of anilines is 1. The third-order valence-electron chi connectivity index (χ3n) is 5.04. The topological polar surface area (TPSA) is 78.5 Å². The van der Waals surface area contributed by atoms with Gasteiger partial charge in [-0.3, -0.25) is 14.4 Å². The molecule has 2 N–H and O–H groups in total. The lowest BCUT2D eigenvalue weighted by Crippen LogP contribution is -2.46. The van der Waals surface area contributed by atoms with Crippen molar-refractivity contribution in [1.82, 2.24) is 10.2 Å². The second kappa shape index (κ2) is 9.37. The summed E-state index contributed by atoms with van der Waals surface area (Å²) < 4.78 is 0. The first-order chi connectivity index (χ1) is 14.0. The molecule has 1 aliphatic rings. The Morgan fingerprint density at radius 2 is 1.83 bits per heavy atom. The third kappa shape index (κ3) is 5.02. The summed E-state index contributed by atoms with van der Waals surface area (Å²) in [5.41, 5.74) is 2.73. The molecule has 2 aromatic rings. The number of hydrogen-bond acceptors (Lipinski definition) is 3. The number of likely N-dealkylation sites (tertiary alicyclic amines) is 1. The molecule has 0 unspecified atom stereocenters. The van der Waals surface area contributed by atoms with Gasteiger partial charge >= 0.3 is 0 Å². The molecular weight excluding hydrogens is 366 g/mol. The zero-order valence-electron chi connectivity index (χ0n) is 16.9. The SMILES string of the molecule is CCCNC(=O)[C@@H]1CCCN1C(=O)c1ccc(NC(=O)c2cccc(C)c2)cc1. The lowest BCUT2D eigenvalue weighted by atomic mass is 10.1. The van der Waals surface area contributed by atoms with Gasteiger partial charge in [-0.15, -0.1) is 0 Å². The molecule has 1 atom stereocenters. The normalized spacial score (nSPS) is 15.8. The van der Waals surface area contributed by atoms with Crippen molar-refractivity contribution in [3.8, 4) is 0 Å². The van der Waals surface area contributed by atoms with E-state index in [2.05, 4.69) is 10.6 Å². The maximum Gasteiger partial charge on any atom is 0.255 e. The van der Waals surface area contributed by atoms with E-state index < -0.39 is 6.04 Å². The van der Waals surface area contributed by atoms with E-state index in [-0.39, 0.29) is 17.7 Å². The van der Waals surface area contributed by atoms with Crippen molar-refractivity contribution < 1.29 is 14.4 Å². The lowest BCUT2D eigenvalue weighted by molar-refractivity contribution is -0.124. The highest BCUT2D eigenvalue weighted by Crippen LogP contribution is 2.21. The Labute approximate surface area is 171 Å². The summed E-state index contributed by atoms with van der Waals surface area (Å²) in [5.74, 6) is -0.435. The number of hydrogen-bond donors (Lipinski definition) is 2. The number of rotatable bonds is 6. The Morgan fingerprint density at radius 3 is 2.52 bits per heavy atom. The van der Waals surface area contributed by atoms with E-state index in [0.717, 1.165) is 18.4 Å². The van der Waals surface area contributed by atoms with Gasteiger partial charge in [0.25, 0.3) is 11.8 Å². The fourth-order valence-electron chi connectivity index (χ4n) is 3.50. The van der Waals surface area contributed by atoms with Crippen LogP contribution < -0.4 is 10.6 Å². The fraction of sp³-hybridized carbons (Fsp3) is 0.348. The Bertz CT molecular complexity index is 892. The standard InChI is InChI=1S/C23H27N3O3/c1-3-13-24-22(28)20-8-5-14-26(20)23(29)17-9-11-19(12-10-17)25-21(27)18-7-4-6-16(2)15-18/h4,6-7,9-12,15,20H,3,5,8,13-14H2,1-2H3,(H,24,28)(H,25,27)/t20-/m0/s1. The van der Waals surface area contributed by atoms with Gasteiger partial charge in [-0.1, -0.05) is 24.6 Å². The summed E-state index contributed by atoms with van der Waals surface area (Å²) in [6.45, 7) is 5.13. The van der Waals surface area contributed by atoms with Crippen LogP contribution in [-0.4, -0.2) is 41.8 Å². The molecule has 0 saturated carbocycles. The highest BCUT2D eigenvalue weighted by molar-refractivity contribution is 6.04. The van der Waals surface area contributed by atoms with Crippen molar-refractivity contribution in [2.75, 3.05) is 18.4 Å². The zero-order valence-corrected chi connectivity index (χ0v) is 16.9. The number of aryl methyl sites for hydroxylation is 1. The summed E-state index contributed by atoms with van der Waals surface area (Å²) in [6.07, 6.45) is 2.37. The number of nitrogens with one attached hydrogen (secondary N) is 2. The van der Waals surface area contributed by atoms with Crippen LogP contribution in [0, 0.1) is 6.92 Å². The van der Waals surface area contributed by atoms with Crippen LogP contribution >= 0.6 is 0 Å². The van der Waals surface area contributed by atoms with Crippen LogP contribution in [0.2, 0.25) is 0 Å². The summed E-state index contributed by atoms with van der Waals surface area (Å²) in [6, 6.07) is 13.8. The van der Waals surface area contributed by atoms with Gasteiger partial charge in [0.2, 0.25) is 5.91 Å². The van der Waals surface area contributed by atoms with Crippen LogP contribution in [-0.2, 0) is 4.79 Å². The minimum Gasteiger partial charge on any atom is -0.354 e. The molecule has 6 nitrogen and oxygen atoms in total. The summed E-state index contributed by atoms with van der Waals surface area (Å²) in [5, 5.41) is 5.72. The highest BCUT2D eigenvalue weighted by Gasteiger charge is 2.34. The molecule has 0 aromatic heterocycles. The molecule has 0 spiro atoms. The van der Waals surface area contributed by atoms with Gasteiger partial charge in [0, 0.05) is 29.9 Å². The first kappa shape index (κ1) is 20.6.